The molecular weight excluding hydrogens is 196 g/mol. The van der Waals surface area contributed by atoms with Gasteiger partial charge in [0.15, 0.2) is 5.82 Å². The Morgan fingerprint density at radius 1 is 1.53 bits per heavy atom. The molecule has 0 aromatic carbocycles. The van der Waals surface area contributed by atoms with Gasteiger partial charge in [-0.05, 0) is 12.1 Å². The Balaban J connectivity index is 2.37. The molecule has 2 aromatic rings. The Morgan fingerprint density at radius 2 is 2.40 bits per heavy atom. The number of hydrogen-bond acceptors (Lipinski definition) is 4. The fourth-order valence-corrected chi connectivity index (χ4v) is 1.23. The van der Waals surface area contributed by atoms with Crippen LogP contribution in [0.25, 0.3) is 11.4 Å². The average Bonchev–Trinajstić information content (AvgIpc) is 2.66. The molecule has 15 heavy (non-hydrogen) atoms. The highest BCUT2D eigenvalue weighted by Gasteiger charge is 2.09. The molecule has 6 heteroatoms. The number of carboxylic acid groups (broad SMARTS) is 1. The molecule has 0 bridgehead atoms. The summed E-state index contributed by atoms with van der Waals surface area (Å²) in [5.74, 6) is -0.426. The van der Waals surface area contributed by atoms with Gasteiger partial charge in [0.2, 0.25) is 0 Å². The molecule has 2 heterocycles. The van der Waals surface area contributed by atoms with Crippen LogP contribution in [0.2, 0.25) is 0 Å². The SMILES string of the molecule is O=C(O)Cn1cnnc1-c1cccnc1. The Morgan fingerprint density at radius 3 is 3.07 bits per heavy atom. The maximum atomic E-state index is 10.6. The van der Waals surface area contributed by atoms with Crippen molar-refractivity contribution in [3.05, 3.63) is 30.9 Å². The molecule has 2 rings (SSSR count). The Kier molecular flexibility index (Phi) is 2.40. The lowest BCUT2D eigenvalue weighted by atomic mass is 10.3. The fourth-order valence-electron chi connectivity index (χ4n) is 1.23. The molecule has 0 saturated carbocycles. The summed E-state index contributed by atoms with van der Waals surface area (Å²) in [7, 11) is 0. The quantitative estimate of drug-likeness (QED) is 0.783. The lowest BCUT2D eigenvalue weighted by Gasteiger charge is -2.02. The summed E-state index contributed by atoms with van der Waals surface area (Å²) in [6, 6.07) is 3.56. The molecule has 6 nitrogen and oxygen atoms in total. The van der Waals surface area contributed by atoms with Crippen molar-refractivity contribution in [1.82, 2.24) is 19.7 Å². The molecule has 0 saturated heterocycles. The van der Waals surface area contributed by atoms with Crippen LogP contribution in [0.3, 0.4) is 0 Å². The van der Waals surface area contributed by atoms with Crippen molar-refractivity contribution >= 4 is 5.97 Å². The number of carboxylic acids is 1. The minimum absolute atomic E-state index is 0.156. The molecule has 0 atom stereocenters. The second-order valence-corrected chi connectivity index (χ2v) is 2.92. The summed E-state index contributed by atoms with van der Waals surface area (Å²) in [6.07, 6.45) is 4.64. The first-order valence-corrected chi connectivity index (χ1v) is 4.27. The van der Waals surface area contributed by atoms with Crippen molar-refractivity contribution in [1.29, 1.82) is 0 Å². The third-order valence-corrected chi connectivity index (χ3v) is 1.84. The van der Waals surface area contributed by atoms with E-state index in [1.54, 1.807) is 24.5 Å². The highest BCUT2D eigenvalue weighted by atomic mass is 16.4. The largest absolute Gasteiger partial charge is 0.480 e. The lowest BCUT2D eigenvalue weighted by Crippen LogP contribution is -2.09. The number of rotatable bonds is 3. The van der Waals surface area contributed by atoms with Crippen LogP contribution in [-0.4, -0.2) is 30.8 Å². The van der Waals surface area contributed by atoms with Crippen LogP contribution in [0, 0.1) is 0 Å². The van der Waals surface area contributed by atoms with E-state index in [4.69, 9.17) is 5.11 Å². The standard InChI is InChI=1S/C9H8N4O2/c14-8(15)5-13-6-11-12-9(13)7-2-1-3-10-4-7/h1-4,6H,5H2,(H,14,15). The second-order valence-electron chi connectivity index (χ2n) is 2.92. The Hall–Kier alpha value is -2.24. The molecule has 0 radical (unpaired) electrons. The third-order valence-electron chi connectivity index (χ3n) is 1.84. The predicted molar refractivity (Wildman–Crippen MR) is 50.9 cm³/mol. The van der Waals surface area contributed by atoms with Gasteiger partial charge in [-0.1, -0.05) is 0 Å². The average molecular weight is 204 g/mol. The zero-order chi connectivity index (χ0) is 10.7. The van der Waals surface area contributed by atoms with Crippen LogP contribution >= 0.6 is 0 Å². The van der Waals surface area contributed by atoms with Crippen LogP contribution in [0.5, 0.6) is 0 Å². The van der Waals surface area contributed by atoms with Crippen molar-refractivity contribution in [2.75, 3.05) is 0 Å². The zero-order valence-corrected chi connectivity index (χ0v) is 7.74. The van der Waals surface area contributed by atoms with E-state index in [9.17, 15) is 4.79 Å². The van der Waals surface area contributed by atoms with Gasteiger partial charge in [0.25, 0.3) is 0 Å². The van der Waals surface area contributed by atoms with E-state index in [-0.39, 0.29) is 6.54 Å². The predicted octanol–water partition coefficient (Wildman–Crippen LogP) is 0.425. The summed E-state index contributed by atoms with van der Waals surface area (Å²) in [4.78, 5) is 14.5. The van der Waals surface area contributed by atoms with Gasteiger partial charge < -0.3 is 9.67 Å². The Bertz CT molecular complexity index is 466. The molecule has 0 aliphatic heterocycles. The first kappa shape index (κ1) is 9.32. The van der Waals surface area contributed by atoms with Crippen LogP contribution in [0.15, 0.2) is 30.9 Å². The minimum atomic E-state index is -0.931. The number of hydrogen-bond donors (Lipinski definition) is 1. The van der Waals surface area contributed by atoms with Gasteiger partial charge in [-0.15, -0.1) is 10.2 Å². The number of aromatic nitrogens is 4. The van der Waals surface area contributed by atoms with Gasteiger partial charge in [0.05, 0.1) is 0 Å². The van der Waals surface area contributed by atoms with Gasteiger partial charge in [-0.25, -0.2) is 0 Å². The van der Waals surface area contributed by atoms with E-state index in [1.165, 1.54) is 10.9 Å². The number of aliphatic carboxylic acids is 1. The minimum Gasteiger partial charge on any atom is -0.480 e. The summed E-state index contributed by atoms with van der Waals surface area (Å²) in [6.45, 7) is -0.156. The first-order chi connectivity index (χ1) is 7.27. The van der Waals surface area contributed by atoms with Crippen molar-refractivity contribution in [2.45, 2.75) is 6.54 Å². The van der Waals surface area contributed by atoms with Crippen molar-refractivity contribution < 1.29 is 9.90 Å². The van der Waals surface area contributed by atoms with E-state index in [2.05, 4.69) is 15.2 Å². The van der Waals surface area contributed by atoms with Gasteiger partial charge >= 0.3 is 5.97 Å². The highest BCUT2D eigenvalue weighted by Crippen LogP contribution is 2.13. The molecule has 0 unspecified atom stereocenters. The fraction of sp³-hybridized carbons (Fsp3) is 0.111. The first-order valence-electron chi connectivity index (χ1n) is 4.27. The maximum Gasteiger partial charge on any atom is 0.323 e. The molecule has 76 valence electrons. The van der Waals surface area contributed by atoms with E-state index in [1.807, 2.05) is 0 Å². The molecule has 0 fully saturated rings. The van der Waals surface area contributed by atoms with Crippen LogP contribution in [0.4, 0.5) is 0 Å². The maximum absolute atomic E-state index is 10.6. The second kappa shape index (κ2) is 3.87. The van der Waals surface area contributed by atoms with Crippen molar-refractivity contribution in [2.24, 2.45) is 0 Å². The molecule has 0 aliphatic carbocycles. The third kappa shape index (κ3) is 1.98. The number of carbonyl (C=O) groups is 1. The van der Waals surface area contributed by atoms with Crippen LogP contribution in [0.1, 0.15) is 0 Å². The highest BCUT2D eigenvalue weighted by molar-refractivity contribution is 5.67. The van der Waals surface area contributed by atoms with Crippen molar-refractivity contribution in [3.63, 3.8) is 0 Å². The number of nitrogens with zero attached hydrogens (tertiary/aromatic N) is 4. The normalized spacial score (nSPS) is 10.1. The molecule has 0 aliphatic rings. The van der Waals surface area contributed by atoms with Gasteiger partial charge in [-0.2, -0.15) is 0 Å². The lowest BCUT2D eigenvalue weighted by molar-refractivity contribution is -0.137. The topological polar surface area (TPSA) is 80.9 Å². The van der Waals surface area contributed by atoms with Gasteiger partial charge in [0.1, 0.15) is 12.9 Å². The van der Waals surface area contributed by atoms with E-state index in [0.717, 1.165) is 5.56 Å². The summed E-state index contributed by atoms with van der Waals surface area (Å²) in [5, 5.41) is 16.2. The summed E-state index contributed by atoms with van der Waals surface area (Å²) in [5.41, 5.74) is 0.747. The Labute approximate surface area is 85.2 Å². The van der Waals surface area contributed by atoms with Crippen LogP contribution < -0.4 is 0 Å². The molecular formula is C9H8N4O2. The molecule has 0 spiro atoms. The molecule has 1 N–H and O–H groups in total. The van der Waals surface area contributed by atoms with Gasteiger partial charge in [0, 0.05) is 18.0 Å². The molecule has 0 amide bonds. The van der Waals surface area contributed by atoms with E-state index < -0.39 is 5.97 Å². The van der Waals surface area contributed by atoms with E-state index >= 15 is 0 Å². The molecule has 2 aromatic heterocycles. The van der Waals surface area contributed by atoms with E-state index in [0.29, 0.717) is 5.82 Å². The smallest absolute Gasteiger partial charge is 0.323 e. The van der Waals surface area contributed by atoms with Gasteiger partial charge in [-0.3, -0.25) is 9.78 Å². The number of pyridine rings is 1. The van der Waals surface area contributed by atoms with Crippen molar-refractivity contribution in [3.8, 4) is 11.4 Å². The monoisotopic (exact) mass is 204 g/mol. The summed E-state index contributed by atoms with van der Waals surface area (Å²) < 4.78 is 1.46. The summed E-state index contributed by atoms with van der Waals surface area (Å²) >= 11 is 0. The van der Waals surface area contributed by atoms with Crippen LogP contribution in [-0.2, 0) is 11.3 Å². The zero-order valence-electron chi connectivity index (χ0n) is 7.74.